The van der Waals surface area contributed by atoms with Crippen LogP contribution in [0.5, 0.6) is 0 Å². The summed E-state index contributed by atoms with van der Waals surface area (Å²) in [6.45, 7) is 0.748. The lowest BCUT2D eigenvalue weighted by atomic mass is 9.98. The monoisotopic (exact) mass is 478 g/mol. The maximum Gasteiger partial charge on any atom is 0.407 e. The molecule has 0 saturated carbocycles. The lowest BCUT2D eigenvalue weighted by Gasteiger charge is -2.14. The molecule has 2 aromatic heterocycles. The number of H-pyrrole nitrogens is 1. The molecule has 2 heterocycles. The zero-order valence-corrected chi connectivity index (χ0v) is 19.0. The number of amides is 1. The van der Waals surface area contributed by atoms with Gasteiger partial charge in [0.25, 0.3) is 0 Å². The minimum atomic E-state index is -0.427. The first-order valence-corrected chi connectivity index (χ1v) is 11.3. The Bertz CT molecular complexity index is 1320. The highest BCUT2D eigenvalue weighted by atomic mass is 35.5. The van der Waals surface area contributed by atoms with E-state index < -0.39 is 6.09 Å². The van der Waals surface area contributed by atoms with E-state index in [4.69, 9.17) is 27.9 Å². The number of fused-ring (bicyclic) bond motifs is 4. The second kappa shape index (κ2) is 9.25. The summed E-state index contributed by atoms with van der Waals surface area (Å²) in [6, 6.07) is 16.5. The second-order valence-corrected chi connectivity index (χ2v) is 8.39. The van der Waals surface area contributed by atoms with E-state index in [1.165, 1.54) is 22.3 Å². The van der Waals surface area contributed by atoms with Gasteiger partial charge in [-0.05, 0) is 40.3 Å². The Kier molecular flexibility index (Phi) is 6.03. The standard InChI is InChI=1S/C25H20Cl2N4O2/c26-22-21-15(13-29-23(21)31-24(27)30-22)7-5-6-12-28-25(32)33-14-20-18-10-3-1-8-16(18)17-9-2-4-11-19(17)20/h1-5,7-11,13,20H,6,12,14H2,(H,28,32)(H,29,30,31). The average Bonchev–Trinajstić information content (AvgIpc) is 3.36. The SMILES string of the molecule is O=C(NCCC=Cc1c[nH]c2nc(Cl)nc(Cl)c12)OCC1c2ccccc2-c2ccccc21. The summed E-state index contributed by atoms with van der Waals surface area (Å²) >= 11 is 12.0. The first-order chi connectivity index (χ1) is 16.1. The van der Waals surface area contributed by atoms with Crippen LogP contribution in [0, 0.1) is 0 Å². The molecular weight excluding hydrogens is 459 g/mol. The van der Waals surface area contributed by atoms with Crippen LogP contribution in [0.2, 0.25) is 10.4 Å². The van der Waals surface area contributed by atoms with Gasteiger partial charge in [0.1, 0.15) is 17.4 Å². The maximum atomic E-state index is 12.3. The summed E-state index contributed by atoms with van der Waals surface area (Å²) in [6.07, 6.45) is 5.84. The van der Waals surface area contributed by atoms with E-state index in [0.717, 1.165) is 5.56 Å². The number of benzene rings is 2. The molecule has 1 amide bonds. The molecule has 33 heavy (non-hydrogen) atoms. The van der Waals surface area contributed by atoms with Gasteiger partial charge in [-0.1, -0.05) is 72.3 Å². The summed E-state index contributed by atoms with van der Waals surface area (Å²) in [5.74, 6) is 0.0467. The lowest BCUT2D eigenvalue weighted by Crippen LogP contribution is -2.26. The van der Waals surface area contributed by atoms with E-state index >= 15 is 0 Å². The van der Waals surface area contributed by atoms with Crippen molar-refractivity contribution in [3.05, 3.63) is 87.9 Å². The van der Waals surface area contributed by atoms with Crippen molar-refractivity contribution in [2.75, 3.05) is 13.2 Å². The summed E-state index contributed by atoms with van der Waals surface area (Å²) in [5, 5.41) is 3.90. The number of hydrogen-bond acceptors (Lipinski definition) is 4. The van der Waals surface area contributed by atoms with E-state index in [0.29, 0.717) is 35.8 Å². The summed E-state index contributed by atoms with van der Waals surface area (Å²) in [5.41, 5.74) is 6.23. The predicted octanol–water partition coefficient (Wildman–Crippen LogP) is 6.21. The lowest BCUT2D eigenvalue weighted by molar-refractivity contribution is 0.143. The fourth-order valence-corrected chi connectivity index (χ4v) is 4.73. The Hall–Kier alpha value is -3.35. The number of carbonyl (C=O) groups excluding carboxylic acids is 1. The van der Waals surface area contributed by atoms with Crippen LogP contribution in [0.1, 0.15) is 29.0 Å². The first kappa shape index (κ1) is 21.5. The van der Waals surface area contributed by atoms with Crippen LogP contribution in [0.3, 0.4) is 0 Å². The van der Waals surface area contributed by atoms with Gasteiger partial charge >= 0.3 is 6.09 Å². The highest BCUT2D eigenvalue weighted by Gasteiger charge is 2.28. The van der Waals surface area contributed by atoms with Crippen LogP contribution >= 0.6 is 23.2 Å². The summed E-state index contributed by atoms with van der Waals surface area (Å²) in [7, 11) is 0. The van der Waals surface area contributed by atoms with Gasteiger partial charge in [0.2, 0.25) is 5.28 Å². The predicted molar refractivity (Wildman–Crippen MR) is 131 cm³/mol. The van der Waals surface area contributed by atoms with Crippen LogP contribution in [0.15, 0.2) is 60.8 Å². The Labute approximate surface area is 200 Å². The minimum Gasteiger partial charge on any atom is -0.449 e. The zero-order valence-electron chi connectivity index (χ0n) is 17.5. The number of carbonyl (C=O) groups is 1. The van der Waals surface area contributed by atoms with Crippen LogP contribution in [0.25, 0.3) is 28.2 Å². The van der Waals surface area contributed by atoms with E-state index in [1.807, 2.05) is 36.4 Å². The molecule has 2 aromatic carbocycles. The van der Waals surface area contributed by atoms with E-state index in [-0.39, 0.29) is 11.2 Å². The molecule has 0 bridgehead atoms. The molecule has 0 radical (unpaired) electrons. The third kappa shape index (κ3) is 4.32. The Morgan fingerprint density at radius 2 is 1.76 bits per heavy atom. The molecule has 0 fully saturated rings. The Morgan fingerprint density at radius 3 is 2.48 bits per heavy atom. The van der Waals surface area contributed by atoms with Gasteiger partial charge < -0.3 is 15.0 Å². The average molecular weight is 479 g/mol. The summed E-state index contributed by atoms with van der Waals surface area (Å²) in [4.78, 5) is 23.4. The third-order valence-corrected chi connectivity index (χ3v) is 6.15. The Balaban J connectivity index is 1.14. The van der Waals surface area contributed by atoms with Crippen LogP contribution < -0.4 is 5.32 Å². The largest absolute Gasteiger partial charge is 0.449 e. The molecule has 0 aliphatic heterocycles. The van der Waals surface area contributed by atoms with Gasteiger partial charge in [-0.3, -0.25) is 0 Å². The highest BCUT2D eigenvalue weighted by molar-refractivity contribution is 6.36. The van der Waals surface area contributed by atoms with Crippen molar-refractivity contribution >= 4 is 46.4 Å². The van der Waals surface area contributed by atoms with E-state index in [2.05, 4.69) is 44.5 Å². The fourth-order valence-electron chi connectivity index (χ4n) is 4.24. The topological polar surface area (TPSA) is 79.9 Å². The molecule has 6 nitrogen and oxygen atoms in total. The second-order valence-electron chi connectivity index (χ2n) is 7.69. The Morgan fingerprint density at radius 1 is 1.06 bits per heavy atom. The number of hydrogen-bond donors (Lipinski definition) is 2. The normalized spacial score (nSPS) is 12.8. The zero-order chi connectivity index (χ0) is 22.8. The van der Waals surface area contributed by atoms with Crippen molar-refractivity contribution in [1.29, 1.82) is 0 Å². The molecule has 1 aliphatic rings. The van der Waals surface area contributed by atoms with Crippen molar-refractivity contribution in [2.24, 2.45) is 0 Å². The minimum absolute atomic E-state index is 0.0467. The number of aromatic amines is 1. The molecule has 0 saturated heterocycles. The number of rotatable bonds is 6. The van der Waals surface area contributed by atoms with Gasteiger partial charge in [-0.15, -0.1) is 0 Å². The van der Waals surface area contributed by atoms with E-state index in [1.54, 1.807) is 6.20 Å². The molecule has 0 atom stereocenters. The third-order valence-electron chi connectivity index (χ3n) is 5.71. The van der Waals surface area contributed by atoms with Crippen LogP contribution in [0.4, 0.5) is 4.79 Å². The molecule has 4 aromatic rings. The van der Waals surface area contributed by atoms with Crippen molar-refractivity contribution in [1.82, 2.24) is 20.3 Å². The maximum absolute atomic E-state index is 12.3. The molecular formula is C25H20Cl2N4O2. The number of nitrogens with one attached hydrogen (secondary N) is 2. The smallest absolute Gasteiger partial charge is 0.407 e. The fraction of sp³-hybridized carbons (Fsp3) is 0.160. The van der Waals surface area contributed by atoms with Crippen molar-refractivity contribution < 1.29 is 9.53 Å². The first-order valence-electron chi connectivity index (χ1n) is 10.6. The van der Waals surface area contributed by atoms with Crippen molar-refractivity contribution in [3.8, 4) is 11.1 Å². The van der Waals surface area contributed by atoms with Gasteiger partial charge in [0.15, 0.2) is 0 Å². The van der Waals surface area contributed by atoms with Gasteiger partial charge in [0, 0.05) is 24.2 Å². The number of halogens is 2. The highest BCUT2D eigenvalue weighted by Crippen LogP contribution is 2.44. The number of aromatic nitrogens is 3. The molecule has 1 aliphatic carbocycles. The molecule has 0 unspecified atom stereocenters. The quantitative estimate of drug-likeness (QED) is 0.196. The molecule has 2 N–H and O–H groups in total. The van der Waals surface area contributed by atoms with Crippen molar-refractivity contribution in [2.45, 2.75) is 12.3 Å². The number of ether oxygens (including phenoxy) is 1. The van der Waals surface area contributed by atoms with Crippen LogP contribution in [-0.2, 0) is 4.74 Å². The van der Waals surface area contributed by atoms with Gasteiger partial charge in [0.05, 0.1) is 5.39 Å². The molecule has 8 heteroatoms. The number of alkyl carbamates (subject to hydrolysis) is 1. The van der Waals surface area contributed by atoms with E-state index in [9.17, 15) is 4.79 Å². The van der Waals surface area contributed by atoms with Gasteiger partial charge in [-0.25, -0.2) is 9.78 Å². The van der Waals surface area contributed by atoms with Gasteiger partial charge in [-0.2, -0.15) is 4.98 Å². The molecule has 166 valence electrons. The van der Waals surface area contributed by atoms with Crippen molar-refractivity contribution in [3.63, 3.8) is 0 Å². The number of nitrogens with zero attached hydrogens (tertiary/aromatic N) is 2. The molecule has 0 spiro atoms. The van der Waals surface area contributed by atoms with Crippen LogP contribution in [-0.4, -0.2) is 34.2 Å². The summed E-state index contributed by atoms with van der Waals surface area (Å²) < 4.78 is 5.55. The molecule has 5 rings (SSSR count).